The van der Waals surface area contributed by atoms with E-state index >= 15 is 0 Å². The standard InChI is InChI=1S/C32H37FN8O6/c1-6-25(42)34-15-17-7-9-18(10-8-17)29(43)36-19-13-21(26(46-5)23(14-19)45-4)37-31-35-16-20(33)27(41-31)38-24-12-11-22-28(39-24)40-30(44)32(2,3)47-22/h6,11-14,16-18H,1,7-10,15H2,2-5H3,(H,34,42)(H,36,43)(H3,35,37,38,39,40,41,44). The molecule has 3 amide bonds. The van der Waals surface area contributed by atoms with Crippen LogP contribution in [0.25, 0.3) is 0 Å². The lowest BCUT2D eigenvalue weighted by atomic mass is 9.81. The number of nitrogens with zero attached hydrogens (tertiary/aromatic N) is 3. The van der Waals surface area contributed by atoms with Gasteiger partial charge in [0.15, 0.2) is 40.3 Å². The van der Waals surface area contributed by atoms with Crippen molar-refractivity contribution in [3.05, 3.63) is 48.9 Å². The number of nitrogens with one attached hydrogen (secondary N) is 5. The Bertz CT molecular complexity index is 1690. The van der Waals surface area contributed by atoms with Crippen LogP contribution in [0.4, 0.5) is 39.2 Å². The summed E-state index contributed by atoms with van der Waals surface area (Å²) in [5, 5.41) is 14.3. The second kappa shape index (κ2) is 13.9. The van der Waals surface area contributed by atoms with Gasteiger partial charge in [0.05, 0.1) is 26.1 Å². The minimum absolute atomic E-state index is 0.0101. The summed E-state index contributed by atoms with van der Waals surface area (Å²) in [5.74, 6) is -0.106. The maximum atomic E-state index is 14.8. The van der Waals surface area contributed by atoms with E-state index in [2.05, 4.69) is 48.1 Å². The van der Waals surface area contributed by atoms with E-state index < -0.39 is 11.4 Å². The second-order valence-electron chi connectivity index (χ2n) is 11.7. The van der Waals surface area contributed by atoms with E-state index in [4.69, 9.17) is 14.2 Å². The molecule has 47 heavy (non-hydrogen) atoms. The van der Waals surface area contributed by atoms with Gasteiger partial charge in [0.2, 0.25) is 17.8 Å². The summed E-state index contributed by atoms with van der Waals surface area (Å²) in [5.41, 5.74) is -0.253. The quantitative estimate of drug-likeness (QED) is 0.183. The van der Waals surface area contributed by atoms with Gasteiger partial charge >= 0.3 is 0 Å². The first-order valence-electron chi connectivity index (χ1n) is 15.0. The SMILES string of the molecule is C=CC(=O)NCC1CCC(C(=O)Nc2cc(Nc3ncc(F)c(Nc4ccc5c(n4)NC(=O)C(C)(C)O5)n3)c(OC)c(OC)c2)CC1. The van der Waals surface area contributed by atoms with Gasteiger partial charge in [-0.05, 0) is 69.7 Å². The molecule has 1 aliphatic heterocycles. The third-order valence-electron chi connectivity index (χ3n) is 7.95. The van der Waals surface area contributed by atoms with Crippen molar-refractivity contribution in [2.45, 2.75) is 45.1 Å². The van der Waals surface area contributed by atoms with Crippen molar-refractivity contribution in [2.24, 2.45) is 11.8 Å². The summed E-state index contributed by atoms with van der Waals surface area (Å²) in [7, 11) is 2.93. The fourth-order valence-electron chi connectivity index (χ4n) is 5.34. The van der Waals surface area contributed by atoms with Gasteiger partial charge in [0, 0.05) is 24.2 Å². The molecule has 14 nitrogen and oxygen atoms in total. The molecule has 1 saturated carbocycles. The highest BCUT2D eigenvalue weighted by Crippen LogP contribution is 2.40. The average molecular weight is 649 g/mol. The zero-order valence-electron chi connectivity index (χ0n) is 26.5. The first kappa shape index (κ1) is 32.9. The number of fused-ring (bicyclic) bond motifs is 1. The monoisotopic (exact) mass is 648 g/mol. The highest BCUT2D eigenvalue weighted by Gasteiger charge is 2.36. The Labute approximate surface area is 270 Å². The first-order chi connectivity index (χ1) is 22.5. The number of anilines is 6. The molecule has 3 heterocycles. The summed E-state index contributed by atoms with van der Waals surface area (Å²) >= 11 is 0. The lowest BCUT2D eigenvalue weighted by Gasteiger charge is -2.30. The highest BCUT2D eigenvalue weighted by molar-refractivity contribution is 5.99. The van der Waals surface area contributed by atoms with Gasteiger partial charge in [-0.2, -0.15) is 4.98 Å². The van der Waals surface area contributed by atoms with Crippen molar-refractivity contribution in [1.82, 2.24) is 20.3 Å². The van der Waals surface area contributed by atoms with E-state index in [0.717, 1.165) is 19.0 Å². The number of methoxy groups -OCH3 is 2. The van der Waals surface area contributed by atoms with E-state index in [1.165, 1.54) is 20.3 Å². The topological polar surface area (TPSA) is 178 Å². The van der Waals surface area contributed by atoms with E-state index in [1.54, 1.807) is 38.1 Å². The molecule has 0 saturated heterocycles. The van der Waals surface area contributed by atoms with Crippen LogP contribution in [-0.4, -0.2) is 59.0 Å². The number of aromatic nitrogens is 3. The molecular weight excluding hydrogens is 611 g/mol. The summed E-state index contributed by atoms with van der Waals surface area (Å²) in [6, 6.07) is 6.46. The third kappa shape index (κ3) is 7.68. The molecule has 0 atom stereocenters. The van der Waals surface area contributed by atoms with E-state index in [9.17, 15) is 18.8 Å². The molecular formula is C32H37FN8O6. The number of hydrogen-bond donors (Lipinski definition) is 5. The minimum atomic E-state index is -1.06. The van der Waals surface area contributed by atoms with E-state index in [0.29, 0.717) is 53.9 Å². The van der Waals surface area contributed by atoms with Crippen molar-refractivity contribution in [2.75, 3.05) is 42.0 Å². The van der Waals surface area contributed by atoms with Crippen LogP contribution in [0, 0.1) is 17.7 Å². The van der Waals surface area contributed by atoms with Gasteiger partial charge in [0.1, 0.15) is 5.82 Å². The molecule has 5 rings (SSSR count). The number of ether oxygens (including phenoxy) is 3. The summed E-state index contributed by atoms with van der Waals surface area (Å²) in [4.78, 5) is 49.6. The van der Waals surface area contributed by atoms with Crippen molar-refractivity contribution in [3.63, 3.8) is 0 Å². The lowest BCUT2D eigenvalue weighted by Crippen LogP contribution is -2.46. The molecule has 0 unspecified atom stereocenters. The van der Waals surface area contributed by atoms with Gasteiger partial charge in [-0.15, -0.1) is 0 Å². The van der Waals surface area contributed by atoms with Gasteiger partial charge in [-0.25, -0.2) is 14.4 Å². The average Bonchev–Trinajstić information content (AvgIpc) is 3.05. The Hall–Kier alpha value is -5.47. The Morgan fingerprint density at radius 1 is 1.13 bits per heavy atom. The predicted octanol–water partition coefficient (Wildman–Crippen LogP) is 4.67. The zero-order chi connectivity index (χ0) is 33.7. The minimum Gasteiger partial charge on any atom is -0.493 e. The molecule has 0 spiro atoms. The van der Waals surface area contributed by atoms with Crippen LogP contribution >= 0.6 is 0 Å². The van der Waals surface area contributed by atoms with E-state index in [-0.39, 0.29) is 47.0 Å². The molecule has 2 aliphatic rings. The zero-order valence-corrected chi connectivity index (χ0v) is 26.5. The maximum absolute atomic E-state index is 14.8. The van der Waals surface area contributed by atoms with Gasteiger partial charge in [-0.3, -0.25) is 14.4 Å². The molecule has 5 N–H and O–H groups in total. The number of carbonyl (C=O) groups is 3. The molecule has 15 heteroatoms. The number of amides is 3. The fraction of sp³-hybridized carbons (Fsp3) is 0.375. The summed E-state index contributed by atoms with van der Waals surface area (Å²) in [6.07, 6.45) is 5.24. The number of carbonyl (C=O) groups excluding carboxylic acids is 3. The van der Waals surface area contributed by atoms with Crippen molar-refractivity contribution in [3.8, 4) is 17.2 Å². The van der Waals surface area contributed by atoms with Crippen LogP contribution in [0.5, 0.6) is 17.2 Å². The van der Waals surface area contributed by atoms with Crippen LogP contribution in [0.3, 0.4) is 0 Å². The van der Waals surface area contributed by atoms with Crippen LogP contribution in [0.15, 0.2) is 43.1 Å². The van der Waals surface area contributed by atoms with Crippen LogP contribution < -0.4 is 40.8 Å². The predicted molar refractivity (Wildman–Crippen MR) is 173 cm³/mol. The van der Waals surface area contributed by atoms with Gasteiger partial charge in [-0.1, -0.05) is 6.58 Å². The lowest BCUT2D eigenvalue weighted by molar-refractivity contribution is -0.129. The smallest absolute Gasteiger partial charge is 0.269 e. The highest BCUT2D eigenvalue weighted by atomic mass is 19.1. The van der Waals surface area contributed by atoms with Crippen molar-refractivity contribution < 1.29 is 33.0 Å². The molecule has 2 aromatic heterocycles. The summed E-state index contributed by atoms with van der Waals surface area (Å²) < 4.78 is 31.6. The van der Waals surface area contributed by atoms with Crippen molar-refractivity contribution >= 4 is 52.5 Å². The molecule has 1 fully saturated rings. The number of hydrogen-bond acceptors (Lipinski definition) is 11. The van der Waals surface area contributed by atoms with Crippen LogP contribution in [0.1, 0.15) is 39.5 Å². The molecule has 3 aromatic rings. The first-order valence-corrected chi connectivity index (χ1v) is 15.0. The molecule has 0 radical (unpaired) electrons. The second-order valence-corrected chi connectivity index (χ2v) is 11.7. The Morgan fingerprint density at radius 2 is 1.89 bits per heavy atom. The van der Waals surface area contributed by atoms with Gasteiger partial charge in [0.25, 0.3) is 5.91 Å². The summed E-state index contributed by atoms with van der Waals surface area (Å²) in [6.45, 7) is 7.30. The third-order valence-corrected chi connectivity index (χ3v) is 7.95. The number of pyridine rings is 1. The van der Waals surface area contributed by atoms with Crippen LogP contribution in [0.2, 0.25) is 0 Å². The number of rotatable bonds is 11. The molecule has 1 aromatic carbocycles. The molecule has 1 aliphatic carbocycles. The Balaban J connectivity index is 1.29. The Kier molecular flexibility index (Phi) is 9.72. The maximum Gasteiger partial charge on any atom is 0.269 e. The normalized spacial score (nSPS) is 18.0. The molecule has 248 valence electrons. The largest absolute Gasteiger partial charge is 0.493 e. The van der Waals surface area contributed by atoms with Crippen molar-refractivity contribution in [1.29, 1.82) is 0 Å². The van der Waals surface area contributed by atoms with E-state index in [1.807, 2.05) is 0 Å². The Morgan fingerprint density at radius 3 is 2.60 bits per heavy atom. The number of halogens is 1. The number of benzene rings is 1. The fourth-order valence-corrected chi connectivity index (χ4v) is 5.34. The van der Waals surface area contributed by atoms with Gasteiger partial charge < -0.3 is 40.8 Å². The molecule has 0 bridgehead atoms. The van der Waals surface area contributed by atoms with Crippen LogP contribution in [-0.2, 0) is 14.4 Å².